The monoisotopic (exact) mass is 314 g/mol. The number of rotatable bonds is 5. The molecule has 0 fully saturated rings. The fraction of sp³-hybridized carbons (Fsp3) is 0.625. The Kier molecular flexibility index (Phi) is 5.14. The molecule has 0 amide bonds. The molecule has 4 heteroatoms. The molecule has 20 heavy (non-hydrogen) atoms. The van der Waals surface area contributed by atoms with Crippen LogP contribution in [0, 0.1) is 0 Å². The molecule has 0 aliphatic carbocycles. The third kappa shape index (κ3) is 2.75. The standard InChI is InChI=1S/C16H23ClO2S/c1-5-16(17,6-2)15-12-10-14(19-4)13(18-3)9-11(12)7-8-20-15/h9-10,15H,5-8H2,1-4H3. The van der Waals surface area contributed by atoms with Crippen LogP contribution in [0.25, 0.3) is 0 Å². The van der Waals surface area contributed by atoms with E-state index in [0.717, 1.165) is 36.5 Å². The average Bonchev–Trinajstić information content (AvgIpc) is 2.51. The summed E-state index contributed by atoms with van der Waals surface area (Å²) in [7, 11) is 3.37. The molecule has 1 unspecified atom stereocenters. The molecule has 1 aromatic carbocycles. The zero-order chi connectivity index (χ0) is 14.8. The van der Waals surface area contributed by atoms with Crippen molar-refractivity contribution < 1.29 is 9.47 Å². The van der Waals surface area contributed by atoms with Crippen molar-refractivity contribution in [2.45, 2.75) is 43.2 Å². The predicted molar refractivity (Wildman–Crippen MR) is 87.6 cm³/mol. The molecule has 1 heterocycles. The van der Waals surface area contributed by atoms with Crippen LogP contribution >= 0.6 is 23.4 Å². The molecule has 0 N–H and O–H groups in total. The van der Waals surface area contributed by atoms with Crippen LogP contribution < -0.4 is 9.47 Å². The van der Waals surface area contributed by atoms with E-state index in [-0.39, 0.29) is 4.87 Å². The third-order valence-electron chi connectivity index (χ3n) is 4.23. The maximum absolute atomic E-state index is 6.89. The van der Waals surface area contributed by atoms with Crippen LogP contribution in [0.2, 0.25) is 0 Å². The van der Waals surface area contributed by atoms with Crippen molar-refractivity contribution in [3.8, 4) is 11.5 Å². The van der Waals surface area contributed by atoms with Gasteiger partial charge >= 0.3 is 0 Å². The number of ether oxygens (including phenoxy) is 2. The average molecular weight is 315 g/mol. The van der Waals surface area contributed by atoms with Gasteiger partial charge in [-0.3, -0.25) is 0 Å². The number of alkyl halides is 1. The number of aryl methyl sites for hydroxylation is 1. The van der Waals surface area contributed by atoms with Gasteiger partial charge in [0, 0.05) is 5.25 Å². The number of thioether (sulfide) groups is 1. The first-order valence-corrected chi connectivity index (χ1v) is 8.57. The van der Waals surface area contributed by atoms with Gasteiger partial charge in [-0.2, -0.15) is 11.8 Å². The second-order valence-electron chi connectivity index (χ2n) is 5.15. The molecule has 2 nitrogen and oxygen atoms in total. The van der Waals surface area contributed by atoms with Gasteiger partial charge in [0.1, 0.15) is 0 Å². The molecular weight excluding hydrogens is 292 g/mol. The second kappa shape index (κ2) is 6.48. The first kappa shape index (κ1) is 15.8. The van der Waals surface area contributed by atoms with Crippen LogP contribution in [0.3, 0.4) is 0 Å². The fourth-order valence-electron chi connectivity index (χ4n) is 2.82. The minimum atomic E-state index is -0.181. The van der Waals surface area contributed by atoms with E-state index >= 15 is 0 Å². The van der Waals surface area contributed by atoms with Crippen LogP contribution in [0.15, 0.2) is 12.1 Å². The van der Waals surface area contributed by atoms with E-state index in [9.17, 15) is 0 Å². The summed E-state index contributed by atoms with van der Waals surface area (Å²) in [6.45, 7) is 4.35. The Morgan fingerprint density at radius 1 is 1.20 bits per heavy atom. The Balaban J connectivity index is 2.50. The van der Waals surface area contributed by atoms with Gasteiger partial charge in [-0.1, -0.05) is 13.8 Å². The van der Waals surface area contributed by atoms with Crippen LogP contribution in [-0.4, -0.2) is 24.8 Å². The summed E-state index contributed by atoms with van der Waals surface area (Å²) < 4.78 is 10.9. The lowest BCUT2D eigenvalue weighted by Gasteiger charge is -2.37. The first-order valence-electron chi connectivity index (χ1n) is 7.15. The molecule has 1 atom stereocenters. The van der Waals surface area contributed by atoms with Crippen molar-refractivity contribution in [2.75, 3.05) is 20.0 Å². The van der Waals surface area contributed by atoms with Crippen LogP contribution in [0.5, 0.6) is 11.5 Å². The van der Waals surface area contributed by atoms with E-state index in [1.165, 1.54) is 11.1 Å². The molecule has 0 spiro atoms. The normalized spacial score (nSPS) is 18.6. The quantitative estimate of drug-likeness (QED) is 0.725. The SMILES string of the molecule is CCC(Cl)(CC)C1SCCc2cc(OC)c(OC)cc21. The highest BCUT2D eigenvalue weighted by molar-refractivity contribution is 7.99. The predicted octanol–water partition coefficient (Wildman–Crippen LogP) is 4.83. The summed E-state index contributed by atoms with van der Waals surface area (Å²) >= 11 is 8.86. The van der Waals surface area contributed by atoms with E-state index in [1.54, 1.807) is 14.2 Å². The molecular formula is C16H23ClO2S. The van der Waals surface area contributed by atoms with Gasteiger partial charge in [-0.05, 0) is 48.3 Å². The lowest BCUT2D eigenvalue weighted by atomic mass is 9.89. The topological polar surface area (TPSA) is 18.5 Å². The lowest BCUT2D eigenvalue weighted by Crippen LogP contribution is -2.30. The van der Waals surface area contributed by atoms with Gasteiger partial charge in [0.2, 0.25) is 0 Å². The van der Waals surface area contributed by atoms with E-state index in [2.05, 4.69) is 26.0 Å². The molecule has 0 saturated heterocycles. The number of hydrogen-bond acceptors (Lipinski definition) is 3. The van der Waals surface area contributed by atoms with Crippen LogP contribution in [0.1, 0.15) is 43.1 Å². The van der Waals surface area contributed by atoms with Crippen molar-refractivity contribution in [1.82, 2.24) is 0 Å². The fourth-order valence-corrected chi connectivity index (χ4v) is 4.73. The molecule has 1 aliphatic rings. The van der Waals surface area contributed by atoms with E-state index < -0.39 is 0 Å². The first-order chi connectivity index (χ1) is 9.59. The van der Waals surface area contributed by atoms with Gasteiger partial charge < -0.3 is 9.47 Å². The van der Waals surface area contributed by atoms with Crippen molar-refractivity contribution in [3.63, 3.8) is 0 Å². The lowest BCUT2D eigenvalue weighted by molar-refractivity contribution is 0.353. The summed E-state index contributed by atoms with van der Waals surface area (Å²) in [6.07, 6.45) is 3.00. The summed E-state index contributed by atoms with van der Waals surface area (Å²) in [5.74, 6) is 2.72. The van der Waals surface area contributed by atoms with Gasteiger partial charge in [-0.25, -0.2) is 0 Å². The zero-order valence-electron chi connectivity index (χ0n) is 12.7. The zero-order valence-corrected chi connectivity index (χ0v) is 14.2. The molecule has 0 saturated carbocycles. The molecule has 1 aliphatic heterocycles. The molecule has 0 radical (unpaired) electrons. The molecule has 112 valence electrons. The number of halogens is 1. The largest absolute Gasteiger partial charge is 0.493 e. The van der Waals surface area contributed by atoms with Gasteiger partial charge in [0.05, 0.1) is 19.1 Å². The highest BCUT2D eigenvalue weighted by Gasteiger charge is 2.38. The van der Waals surface area contributed by atoms with E-state index in [0.29, 0.717) is 5.25 Å². The summed E-state index contributed by atoms with van der Waals surface area (Å²) in [5, 5.41) is 0.322. The van der Waals surface area contributed by atoms with Gasteiger partial charge in [0.15, 0.2) is 11.5 Å². The molecule has 1 aromatic rings. The van der Waals surface area contributed by atoms with E-state index in [1.807, 2.05) is 11.8 Å². The smallest absolute Gasteiger partial charge is 0.161 e. The van der Waals surface area contributed by atoms with Crippen molar-refractivity contribution in [1.29, 1.82) is 0 Å². The van der Waals surface area contributed by atoms with E-state index in [4.69, 9.17) is 21.1 Å². The highest BCUT2D eigenvalue weighted by Crippen LogP contribution is 2.52. The summed E-state index contributed by atoms with van der Waals surface area (Å²) in [5.41, 5.74) is 2.66. The Bertz CT molecular complexity index is 472. The maximum atomic E-state index is 6.89. The Morgan fingerprint density at radius 2 is 1.80 bits per heavy atom. The molecule has 0 aromatic heterocycles. The highest BCUT2D eigenvalue weighted by atomic mass is 35.5. The summed E-state index contributed by atoms with van der Waals surface area (Å²) in [6, 6.07) is 4.23. The third-order valence-corrected chi connectivity index (χ3v) is 6.59. The van der Waals surface area contributed by atoms with Crippen LogP contribution in [0.4, 0.5) is 0 Å². The number of hydrogen-bond donors (Lipinski definition) is 0. The Labute approximate surface area is 131 Å². The van der Waals surface area contributed by atoms with Crippen molar-refractivity contribution in [3.05, 3.63) is 23.3 Å². The minimum absolute atomic E-state index is 0.181. The van der Waals surface area contributed by atoms with Crippen molar-refractivity contribution >= 4 is 23.4 Å². The molecule has 0 bridgehead atoms. The van der Waals surface area contributed by atoms with Crippen molar-refractivity contribution in [2.24, 2.45) is 0 Å². The Hall–Kier alpha value is -0.540. The van der Waals surface area contributed by atoms with Gasteiger partial charge in [-0.15, -0.1) is 11.6 Å². The number of fused-ring (bicyclic) bond motifs is 1. The number of methoxy groups -OCH3 is 2. The number of benzene rings is 1. The maximum Gasteiger partial charge on any atom is 0.161 e. The minimum Gasteiger partial charge on any atom is -0.493 e. The van der Waals surface area contributed by atoms with Crippen LogP contribution in [-0.2, 0) is 6.42 Å². The van der Waals surface area contributed by atoms with Gasteiger partial charge in [0.25, 0.3) is 0 Å². The summed E-state index contributed by atoms with van der Waals surface area (Å²) in [4.78, 5) is -0.181. The molecule has 2 rings (SSSR count). The Morgan fingerprint density at radius 3 is 2.35 bits per heavy atom. The second-order valence-corrected chi connectivity index (χ2v) is 7.11.